The van der Waals surface area contributed by atoms with Gasteiger partial charge in [-0.15, -0.1) is 0 Å². The van der Waals surface area contributed by atoms with Crippen LogP contribution in [0.1, 0.15) is 181 Å². The first-order chi connectivity index (χ1) is 16.5. The third-order valence-electron chi connectivity index (χ3n) is 6.47. The van der Waals surface area contributed by atoms with Crippen molar-refractivity contribution < 1.29 is 40.2 Å². The predicted octanol–water partition coefficient (Wildman–Crippen LogP) is 7.65. The molecule has 0 aliphatic heterocycles. The Kier molecular flexibility index (Phi) is 40.0. The van der Waals surface area contributed by atoms with Gasteiger partial charge in [-0.05, 0) is 25.7 Å². The van der Waals surface area contributed by atoms with E-state index in [1.54, 1.807) is 0 Å². The Morgan fingerprint density at radius 1 is 0.371 bits per heavy atom. The largest absolute Gasteiger partial charge is 2.00 e. The van der Waals surface area contributed by atoms with Crippen LogP contribution >= 0.6 is 0 Å². The molecule has 0 atom stereocenters. The Hall–Kier alpha value is -0.398. The van der Waals surface area contributed by atoms with E-state index in [1.807, 2.05) is 0 Å². The molecule has 0 saturated heterocycles. The summed E-state index contributed by atoms with van der Waals surface area (Å²) >= 11 is 0. The second kappa shape index (κ2) is 35.8. The number of hydrogen-bond acceptors (Lipinski definition) is 4. The Morgan fingerprint density at radius 3 is 0.714 bits per heavy atom. The normalized spacial score (nSPS) is 10.3. The maximum atomic E-state index is 10.2. The Morgan fingerprint density at radius 2 is 0.543 bits per heavy atom. The molecule has 0 amide bonds. The summed E-state index contributed by atoms with van der Waals surface area (Å²) in [6.45, 7) is 4.50. The molecule has 0 aromatic carbocycles. The van der Waals surface area contributed by atoms with Gasteiger partial charge in [0.15, 0.2) is 0 Å². The van der Waals surface area contributed by atoms with Crippen molar-refractivity contribution in [3.05, 3.63) is 0 Å². The average Bonchev–Trinajstić information content (AvgIpc) is 2.80. The third kappa shape index (κ3) is 44.0. The van der Waals surface area contributed by atoms with Gasteiger partial charge in [-0.25, -0.2) is 0 Å². The minimum Gasteiger partial charge on any atom is -0.550 e. The van der Waals surface area contributed by atoms with E-state index < -0.39 is 11.9 Å². The maximum Gasteiger partial charge on any atom is 2.00 e. The molecular weight excluding hydrogens is 531 g/mol. The van der Waals surface area contributed by atoms with Crippen molar-refractivity contribution >= 4 is 11.9 Å². The summed E-state index contributed by atoms with van der Waals surface area (Å²) in [6.07, 6.45) is 31.0. The zero-order valence-corrected chi connectivity index (χ0v) is 24.9. The summed E-state index contributed by atoms with van der Waals surface area (Å²) < 4.78 is 0. The van der Waals surface area contributed by atoms with Crippen molar-refractivity contribution in [2.45, 2.75) is 181 Å². The minimum atomic E-state index is -0.905. The smallest absolute Gasteiger partial charge is 0.550 e. The molecule has 0 aromatic heterocycles. The molecule has 0 saturated carbocycles. The van der Waals surface area contributed by atoms with Crippen molar-refractivity contribution in [2.75, 3.05) is 0 Å². The minimum absolute atomic E-state index is 0. The first-order valence-corrected chi connectivity index (χ1v) is 14.9. The predicted molar refractivity (Wildman–Crippen MR) is 141 cm³/mol. The molecule has 0 rings (SSSR count). The fraction of sp³-hybridized carbons (Fsp3) is 0.933. The van der Waals surface area contributed by atoms with Gasteiger partial charge < -0.3 is 19.8 Å². The van der Waals surface area contributed by atoms with Gasteiger partial charge in [-0.3, -0.25) is 0 Å². The van der Waals surface area contributed by atoms with Crippen LogP contribution in [0.3, 0.4) is 0 Å². The SMILES string of the molecule is CCCCCCCCCCCCCCC(=O)[O-].CCCCCCCCCCCCCCC(=O)[O-].[Pd+2]. The number of hydrogen-bond donors (Lipinski definition) is 0. The maximum absolute atomic E-state index is 10.2. The monoisotopic (exact) mass is 588 g/mol. The van der Waals surface area contributed by atoms with E-state index in [0.29, 0.717) is 0 Å². The molecule has 0 unspecified atom stereocenters. The van der Waals surface area contributed by atoms with Crippen LogP contribution in [0.2, 0.25) is 0 Å². The Bertz CT molecular complexity index is 377. The zero-order chi connectivity index (χ0) is 25.5. The summed E-state index contributed by atoms with van der Waals surface area (Å²) in [4.78, 5) is 20.3. The summed E-state index contributed by atoms with van der Waals surface area (Å²) in [6, 6.07) is 0. The van der Waals surface area contributed by atoms with Gasteiger partial charge in [0, 0.05) is 11.9 Å². The van der Waals surface area contributed by atoms with Gasteiger partial charge in [-0.2, -0.15) is 0 Å². The number of carboxylic acid groups (broad SMARTS) is 2. The van der Waals surface area contributed by atoms with E-state index in [-0.39, 0.29) is 33.3 Å². The number of rotatable bonds is 26. The van der Waals surface area contributed by atoms with E-state index in [0.717, 1.165) is 25.7 Å². The Labute approximate surface area is 232 Å². The Balaban J connectivity index is -0.000000569. The molecule has 0 fully saturated rings. The van der Waals surface area contributed by atoms with Gasteiger partial charge in [0.1, 0.15) is 0 Å². The average molecular weight is 589 g/mol. The number of carbonyl (C=O) groups is 2. The van der Waals surface area contributed by atoms with Crippen LogP contribution in [-0.4, -0.2) is 11.9 Å². The first-order valence-electron chi connectivity index (χ1n) is 14.9. The van der Waals surface area contributed by atoms with Crippen molar-refractivity contribution in [2.24, 2.45) is 0 Å². The number of carboxylic acids is 2. The van der Waals surface area contributed by atoms with E-state index in [1.165, 1.54) is 128 Å². The van der Waals surface area contributed by atoms with Gasteiger partial charge in [0.05, 0.1) is 0 Å². The van der Waals surface area contributed by atoms with Crippen molar-refractivity contribution in [3.63, 3.8) is 0 Å². The fourth-order valence-corrected chi connectivity index (χ4v) is 4.22. The first kappa shape index (κ1) is 39.1. The van der Waals surface area contributed by atoms with Crippen LogP contribution in [-0.2, 0) is 30.0 Å². The zero-order valence-electron chi connectivity index (χ0n) is 23.3. The molecule has 35 heavy (non-hydrogen) atoms. The van der Waals surface area contributed by atoms with Crippen LogP contribution in [0.15, 0.2) is 0 Å². The molecule has 4 nitrogen and oxygen atoms in total. The molecule has 0 spiro atoms. The molecule has 5 heteroatoms. The van der Waals surface area contributed by atoms with Crippen LogP contribution in [0.5, 0.6) is 0 Å². The molecule has 212 valence electrons. The molecule has 0 bridgehead atoms. The van der Waals surface area contributed by atoms with E-state index in [9.17, 15) is 19.8 Å². The fourth-order valence-electron chi connectivity index (χ4n) is 4.22. The quantitative estimate of drug-likeness (QED) is 0.0767. The van der Waals surface area contributed by atoms with Crippen LogP contribution in [0, 0.1) is 0 Å². The van der Waals surface area contributed by atoms with Crippen LogP contribution < -0.4 is 10.2 Å². The number of carbonyl (C=O) groups excluding carboxylic acids is 2. The molecule has 0 heterocycles. The van der Waals surface area contributed by atoms with Gasteiger partial charge >= 0.3 is 20.4 Å². The van der Waals surface area contributed by atoms with Gasteiger partial charge in [-0.1, -0.05) is 155 Å². The second-order valence-electron chi connectivity index (χ2n) is 10.0. The van der Waals surface area contributed by atoms with Crippen molar-refractivity contribution in [1.82, 2.24) is 0 Å². The molecule has 0 aliphatic carbocycles. The summed E-state index contributed by atoms with van der Waals surface area (Å²) in [5.41, 5.74) is 0. The van der Waals surface area contributed by atoms with Gasteiger partial charge in [0.2, 0.25) is 0 Å². The number of unbranched alkanes of at least 4 members (excludes halogenated alkanes) is 22. The van der Waals surface area contributed by atoms with E-state index in [2.05, 4.69) is 13.8 Å². The summed E-state index contributed by atoms with van der Waals surface area (Å²) in [5, 5.41) is 20.3. The molecule has 0 N–H and O–H groups in total. The van der Waals surface area contributed by atoms with E-state index in [4.69, 9.17) is 0 Å². The van der Waals surface area contributed by atoms with Crippen molar-refractivity contribution in [1.29, 1.82) is 0 Å². The number of aliphatic carboxylic acids is 2. The van der Waals surface area contributed by atoms with Crippen LogP contribution in [0.25, 0.3) is 0 Å². The third-order valence-corrected chi connectivity index (χ3v) is 6.47. The van der Waals surface area contributed by atoms with E-state index >= 15 is 0 Å². The molecular formula is C30H58O4Pd. The molecule has 0 aliphatic rings. The standard InChI is InChI=1S/2C15H30O2.Pd/c2*1-2-3-4-5-6-7-8-9-10-11-12-13-14-15(16)17;/h2*2-14H2,1H3,(H,16,17);/q;;+2/p-2. The topological polar surface area (TPSA) is 80.3 Å². The summed E-state index contributed by atoms with van der Waals surface area (Å²) in [7, 11) is 0. The second-order valence-corrected chi connectivity index (χ2v) is 10.0. The molecule has 0 aromatic rings. The molecule has 0 radical (unpaired) electrons. The summed E-state index contributed by atoms with van der Waals surface area (Å²) in [5.74, 6) is -1.81. The van der Waals surface area contributed by atoms with Gasteiger partial charge in [0.25, 0.3) is 0 Å². The van der Waals surface area contributed by atoms with Crippen LogP contribution in [0.4, 0.5) is 0 Å². The van der Waals surface area contributed by atoms with Crippen molar-refractivity contribution in [3.8, 4) is 0 Å².